The topological polar surface area (TPSA) is 62.3 Å². The first kappa shape index (κ1) is 14.7. The molecular weight excluding hydrogens is 262 g/mol. The molecular formula is C17H19N3O. The van der Waals surface area contributed by atoms with E-state index in [1.807, 2.05) is 55.6 Å². The van der Waals surface area contributed by atoms with Crippen molar-refractivity contribution in [1.82, 2.24) is 0 Å². The molecule has 0 atom stereocenters. The molecule has 0 amide bonds. The number of anilines is 2. The highest BCUT2D eigenvalue weighted by molar-refractivity contribution is 5.58. The average Bonchev–Trinajstić information content (AvgIpc) is 2.52. The zero-order valence-electron chi connectivity index (χ0n) is 12.1. The highest BCUT2D eigenvalue weighted by Gasteiger charge is 2.06. The molecule has 0 saturated heterocycles. The van der Waals surface area contributed by atoms with Gasteiger partial charge in [-0.1, -0.05) is 24.3 Å². The second kappa shape index (κ2) is 7.20. The zero-order chi connectivity index (χ0) is 15.1. The molecule has 2 aromatic rings. The maximum Gasteiger partial charge on any atom is 0.142 e. The molecule has 0 unspecified atom stereocenters. The summed E-state index contributed by atoms with van der Waals surface area (Å²) in [6.45, 7) is 1.40. The molecule has 0 aliphatic rings. The van der Waals surface area contributed by atoms with Crippen molar-refractivity contribution >= 4 is 11.4 Å². The third-order valence-electron chi connectivity index (χ3n) is 3.25. The number of hydrogen-bond donors (Lipinski definition) is 1. The highest BCUT2D eigenvalue weighted by atomic mass is 16.5. The van der Waals surface area contributed by atoms with E-state index in [0.29, 0.717) is 17.9 Å². The Morgan fingerprint density at radius 3 is 2.62 bits per heavy atom. The number of nitrogens with two attached hydrogens (primary N) is 1. The average molecular weight is 281 g/mol. The van der Waals surface area contributed by atoms with Crippen LogP contribution in [0.15, 0.2) is 48.5 Å². The lowest BCUT2D eigenvalue weighted by Gasteiger charge is -2.20. The monoisotopic (exact) mass is 281 g/mol. The minimum absolute atomic E-state index is 0.591. The van der Waals surface area contributed by atoms with Crippen LogP contribution in [-0.2, 0) is 0 Å². The normalized spacial score (nSPS) is 9.90. The molecule has 108 valence electrons. The van der Waals surface area contributed by atoms with Crippen molar-refractivity contribution in [1.29, 1.82) is 5.26 Å². The molecule has 0 bridgehead atoms. The summed E-state index contributed by atoms with van der Waals surface area (Å²) in [6.07, 6.45) is 0.852. The summed E-state index contributed by atoms with van der Waals surface area (Å²) in [7, 11) is 1.98. The van der Waals surface area contributed by atoms with Crippen LogP contribution in [0.25, 0.3) is 0 Å². The lowest BCUT2D eigenvalue weighted by Crippen LogP contribution is -2.21. The molecule has 2 aromatic carbocycles. The Bertz CT molecular complexity index is 634. The van der Waals surface area contributed by atoms with Gasteiger partial charge in [0.15, 0.2) is 0 Å². The maximum absolute atomic E-state index is 9.10. The summed E-state index contributed by atoms with van der Waals surface area (Å²) in [4.78, 5) is 2.07. The Morgan fingerprint density at radius 2 is 1.86 bits per heavy atom. The lowest BCUT2D eigenvalue weighted by molar-refractivity contribution is 0.314. The molecule has 4 heteroatoms. The van der Waals surface area contributed by atoms with E-state index in [0.717, 1.165) is 24.4 Å². The third kappa shape index (κ3) is 3.90. The van der Waals surface area contributed by atoms with Crippen LogP contribution in [0.4, 0.5) is 11.4 Å². The van der Waals surface area contributed by atoms with Gasteiger partial charge in [-0.3, -0.25) is 0 Å². The number of hydrogen-bond acceptors (Lipinski definition) is 4. The van der Waals surface area contributed by atoms with E-state index in [1.165, 1.54) is 0 Å². The molecule has 0 fully saturated rings. The molecule has 2 rings (SSSR count). The summed E-state index contributed by atoms with van der Waals surface area (Å²) in [5.41, 5.74) is 8.11. The summed E-state index contributed by atoms with van der Waals surface area (Å²) in [5, 5.41) is 9.10. The fourth-order valence-electron chi connectivity index (χ4n) is 2.12. The molecule has 0 heterocycles. The van der Waals surface area contributed by atoms with Gasteiger partial charge in [-0.2, -0.15) is 5.26 Å². The number of nitrogen functional groups attached to an aromatic ring is 1. The zero-order valence-corrected chi connectivity index (χ0v) is 12.1. The van der Waals surface area contributed by atoms with Crippen molar-refractivity contribution in [3.05, 3.63) is 54.1 Å². The smallest absolute Gasteiger partial charge is 0.142 e. The summed E-state index contributed by atoms with van der Waals surface area (Å²) in [6, 6.07) is 17.3. The van der Waals surface area contributed by atoms with Crippen molar-refractivity contribution in [2.45, 2.75) is 6.42 Å². The van der Waals surface area contributed by atoms with Gasteiger partial charge in [0, 0.05) is 13.6 Å². The Morgan fingerprint density at radius 1 is 1.14 bits per heavy atom. The van der Waals surface area contributed by atoms with Crippen molar-refractivity contribution in [3.63, 3.8) is 0 Å². The van der Waals surface area contributed by atoms with Crippen molar-refractivity contribution in [3.8, 4) is 11.8 Å². The second-order valence-electron chi connectivity index (χ2n) is 4.79. The van der Waals surface area contributed by atoms with Crippen LogP contribution in [0.2, 0.25) is 0 Å². The molecule has 0 radical (unpaired) electrons. The fraction of sp³-hybridized carbons (Fsp3) is 0.235. The first-order valence-electron chi connectivity index (χ1n) is 6.90. The van der Waals surface area contributed by atoms with Crippen LogP contribution in [0.1, 0.15) is 12.0 Å². The SMILES string of the molecule is CN(CCCOc1ccccc1N)c1ccccc1C#N. The molecule has 21 heavy (non-hydrogen) atoms. The number of nitriles is 1. The van der Waals surface area contributed by atoms with Crippen molar-refractivity contribution in [2.24, 2.45) is 0 Å². The second-order valence-corrected chi connectivity index (χ2v) is 4.79. The van der Waals surface area contributed by atoms with E-state index in [-0.39, 0.29) is 0 Å². The number of nitrogens with zero attached hydrogens (tertiary/aromatic N) is 2. The Labute approximate surface area is 125 Å². The van der Waals surface area contributed by atoms with Crippen LogP contribution in [0, 0.1) is 11.3 Å². The third-order valence-corrected chi connectivity index (χ3v) is 3.25. The van der Waals surface area contributed by atoms with E-state index in [2.05, 4.69) is 11.0 Å². The first-order valence-corrected chi connectivity index (χ1v) is 6.90. The van der Waals surface area contributed by atoms with Gasteiger partial charge < -0.3 is 15.4 Å². The summed E-state index contributed by atoms with van der Waals surface area (Å²) in [5.74, 6) is 0.720. The first-order chi connectivity index (χ1) is 10.2. The number of ether oxygens (including phenoxy) is 1. The summed E-state index contributed by atoms with van der Waals surface area (Å²) < 4.78 is 5.66. The standard InChI is InChI=1S/C17H19N3O/c1-20(16-9-4-2-7-14(16)13-18)11-6-12-21-17-10-5-3-8-15(17)19/h2-5,7-10H,6,11-12,19H2,1H3. The van der Waals surface area contributed by atoms with Gasteiger partial charge in [0.1, 0.15) is 11.8 Å². The van der Waals surface area contributed by atoms with E-state index < -0.39 is 0 Å². The Hall–Kier alpha value is -2.67. The lowest BCUT2D eigenvalue weighted by atomic mass is 10.2. The van der Waals surface area contributed by atoms with Crippen LogP contribution in [-0.4, -0.2) is 20.2 Å². The van der Waals surface area contributed by atoms with Gasteiger partial charge in [-0.05, 0) is 30.7 Å². The predicted octanol–water partition coefficient (Wildman–Crippen LogP) is 3.05. The summed E-state index contributed by atoms with van der Waals surface area (Å²) >= 11 is 0. The van der Waals surface area contributed by atoms with E-state index in [9.17, 15) is 0 Å². The van der Waals surface area contributed by atoms with Crippen LogP contribution in [0.3, 0.4) is 0 Å². The van der Waals surface area contributed by atoms with Gasteiger partial charge in [0.25, 0.3) is 0 Å². The quantitative estimate of drug-likeness (QED) is 0.653. The van der Waals surface area contributed by atoms with Crippen LogP contribution < -0.4 is 15.4 Å². The maximum atomic E-state index is 9.10. The Balaban J connectivity index is 1.84. The van der Waals surface area contributed by atoms with Gasteiger partial charge in [0.2, 0.25) is 0 Å². The van der Waals surface area contributed by atoms with Gasteiger partial charge >= 0.3 is 0 Å². The number of para-hydroxylation sites is 3. The Kier molecular flexibility index (Phi) is 5.05. The largest absolute Gasteiger partial charge is 0.491 e. The van der Waals surface area contributed by atoms with Crippen LogP contribution in [0.5, 0.6) is 5.75 Å². The molecule has 0 aliphatic heterocycles. The minimum atomic E-state index is 0.591. The minimum Gasteiger partial charge on any atom is -0.491 e. The molecule has 0 saturated carbocycles. The van der Waals surface area contributed by atoms with E-state index >= 15 is 0 Å². The molecule has 0 spiro atoms. The molecule has 0 aliphatic carbocycles. The number of benzene rings is 2. The van der Waals surface area contributed by atoms with E-state index in [1.54, 1.807) is 0 Å². The fourth-order valence-corrected chi connectivity index (χ4v) is 2.12. The molecule has 0 aromatic heterocycles. The molecule has 2 N–H and O–H groups in total. The van der Waals surface area contributed by atoms with Crippen molar-refractivity contribution in [2.75, 3.05) is 30.8 Å². The van der Waals surface area contributed by atoms with Crippen LogP contribution >= 0.6 is 0 Å². The van der Waals surface area contributed by atoms with Gasteiger partial charge in [-0.25, -0.2) is 0 Å². The molecule has 4 nitrogen and oxygen atoms in total. The van der Waals surface area contributed by atoms with Gasteiger partial charge in [0.05, 0.1) is 23.5 Å². The van der Waals surface area contributed by atoms with Gasteiger partial charge in [-0.15, -0.1) is 0 Å². The predicted molar refractivity (Wildman–Crippen MR) is 85.4 cm³/mol. The van der Waals surface area contributed by atoms with Crippen molar-refractivity contribution < 1.29 is 4.74 Å². The number of rotatable bonds is 6. The van der Waals surface area contributed by atoms with E-state index in [4.69, 9.17) is 15.7 Å². The highest BCUT2D eigenvalue weighted by Crippen LogP contribution is 2.20.